The molecule has 2 N–H and O–H groups in total. The van der Waals surface area contributed by atoms with Crippen LogP contribution in [-0.4, -0.2) is 11.3 Å². The third-order valence-corrected chi connectivity index (χ3v) is 2.68. The van der Waals surface area contributed by atoms with Crippen molar-refractivity contribution in [2.45, 2.75) is 46.1 Å². The highest BCUT2D eigenvalue weighted by Gasteiger charge is 2.15. The molecule has 0 spiro atoms. The second kappa shape index (κ2) is 4.79. The van der Waals surface area contributed by atoms with Gasteiger partial charge in [-0.25, -0.2) is 0 Å². The Morgan fingerprint density at radius 3 is 2.44 bits per heavy atom. The smallest absolute Gasteiger partial charge is 0.163 e. The third kappa shape index (κ3) is 3.78. The lowest BCUT2D eigenvalue weighted by Crippen LogP contribution is -2.32. The molecule has 1 aromatic carbocycles. The first-order chi connectivity index (χ1) is 7.29. The number of benzene rings is 1. The number of nitrogens with two attached hydrogens (primary N) is 1. The van der Waals surface area contributed by atoms with Crippen LogP contribution in [0, 0.1) is 13.8 Å². The fourth-order valence-corrected chi connectivity index (χ4v) is 1.70. The van der Waals surface area contributed by atoms with Gasteiger partial charge >= 0.3 is 0 Å². The minimum Gasteiger partial charge on any atom is -0.326 e. The Morgan fingerprint density at radius 2 is 1.94 bits per heavy atom. The zero-order chi connectivity index (χ0) is 12.3. The lowest BCUT2D eigenvalue weighted by molar-refractivity contribution is 0.0972. The number of ketones is 1. The first-order valence-corrected chi connectivity index (χ1v) is 5.69. The Kier molecular flexibility index (Phi) is 3.87. The average molecular weight is 219 g/mol. The SMILES string of the molecule is Cc1ccc(C(=O)CCC(C)(C)N)c(C)c1. The van der Waals surface area contributed by atoms with E-state index < -0.39 is 0 Å². The van der Waals surface area contributed by atoms with Gasteiger partial charge < -0.3 is 5.73 Å². The maximum atomic E-state index is 12.0. The van der Waals surface area contributed by atoms with Gasteiger partial charge in [0.2, 0.25) is 0 Å². The maximum Gasteiger partial charge on any atom is 0.163 e. The summed E-state index contributed by atoms with van der Waals surface area (Å²) in [6, 6.07) is 5.94. The highest BCUT2D eigenvalue weighted by atomic mass is 16.1. The van der Waals surface area contributed by atoms with Crippen LogP contribution >= 0.6 is 0 Å². The van der Waals surface area contributed by atoms with Crippen molar-refractivity contribution in [1.29, 1.82) is 0 Å². The normalized spacial score (nSPS) is 11.6. The van der Waals surface area contributed by atoms with Gasteiger partial charge in [-0.3, -0.25) is 4.79 Å². The molecule has 0 fully saturated rings. The first-order valence-electron chi connectivity index (χ1n) is 5.69. The van der Waals surface area contributed by atoms with E-state index in [1.54, 1.807) is 0 Å². The van der Waals surface area contributed by atoms with Crippen LogP contribution in [-0.2, 0) is 0 Å². The summed E-state index contributed by atoms with van der Waals surface area (Å²) in [7, 11) is 0. The van der Waals surface area contributed by atoms with Gasteiger partial charge in [0, 0.05) is 17.5 Å². The summed E-state index contributed by atoms with van der Waals surface area (Å²) in [6.45, 7) is 7.91. The number of carbonyl (C=O) groups excluding carboxylic acids is 1. The topological polar surface area (TPSA) is 43.1 Å². The highest BCUT2D eigenvalue weighted by Crippen LogP contribution is 2.16. The first kappa shape index (κ1) is 12.9. The van der Waals surface area contributed by atoms with Crippen LogP contribution in [0.2, 0.25) is 0 Å². The summed E-state index contributed by atoms with van der Waals surface area (Å²) in [5, 5.41) is 0. The average Bonchev–Trinajstić information content (AvgIpc) is 2.13. The molecule has 0 unspecified atom stereocenters. The van der Waals surface area contributed by atoms with Gasteiger partial charge in [-0.15, -0.1) is 0 Å². The Labute approximate surface area is 97.9 Å². The van der Waals surface area contributed by atoms with Crippen LogP contribution in [0.3, 0.4) is 0 Å². The van der Waals surface area contributed by atoms with E-state index in [1.165, 1.54) is 5.56 Å². The molecule has 2 heteroatoms. The maximum absolute atomic E-state index is 12.0. The van der Waals surface area contributed by atoms with Gasteiger partial charge in [0.1, 0.15) is 0 Å². The number of carbonyl (C=O) groups is 1. The lowest BCUT2D eigenvalue weighted by atomic mass is 9.94. The second-order valence-corrected chi connectivity index (χ2v) is 5.23. The monoisotopic (exact) mass is 219 g/mol. The minimum atomic E-state index is -0.270. The van der Waals surface area contributed by atoms with Crippen LogP contribution in [0.15, 0.2) is 18.2 Å². The molecule has 0 saturated heterocycles. The number of Topliss-reactive ketones (excluding diaryl/α,β-unsaturated/α-hetero) is 1. The standard InChI is InChI=1S/C14H21NO/c1-10-5-6-12(11(2)9-10)13(16)7-8-14(3,4)15/h5-6,9H,7-8,15H2,1-4H3. The fraction of sp³-hybridized carbons (Fsp3) is 0.500. The molecule has 0 amide bonds. The molecular formula is C14H21NO. The van der Waals surface area contributed by atoms with Gasteiger partial charge in [0.05, 0.1) is 0 Å². The highest BCUT2D eigenvalue weighted by molar-refractivity contribution is 5.97. The van der Waals surface area contributed by atoms with Crippen molar-refractivity contribution >= 4 is 5.78 Å². The second-order valence-electron chi connectivity index (χ2n) is 5.23. The summed E-state index contributed by atoms with van der Waals surface area (Å²) in [5.74, 6) is 0.191. The van der Waals surface area contributed by atoms with Gasteiger partial charge in [-0.05, 0) is 39.7 Å². The van der Waals surface area contributed by atoms with E-state index in [0.29, 0.717) is 6.42 Å². The lowest BCUT2D eigenvalue weighted by Gasteiger charge is -2.17. The Balaban J connectivity index is 2.74. The largest absolute Gasteiger partial charge is 0.326 e. The molecule has 1 aromatic rings. The Morgan fingerprint density at radius 1 is 1.31 bits per heavy atom. The number of rotatable bonds is 4. The molecule has 0 radical (unpaired) electrons. The Hall–Kier alpha value is -1.15. The van der Waals surface area contributed by atoms with Crippen molar-refractivity contribution < 1.29 is 4.79 Å². The zero-order valence-electron chi connectivity index (χ0n) is 10.6. The molecule has 16 heavy (non-hydrogen) atoms. The van der Waals surface area contributed by atoms with E-state index >= 15 is 0 Å². The van der Waals surface area contributed by atoms with E-state index in [-0.39, 0.29) is 11.3 Å². The molecular weight excluding hydrogens is 198 g/mol. The summed E-state index contributed by atoms with van der Waals surface area (Å²) in [5.41, 5.74) is 8.67. The van der Waals surface area contributed by atoms with Crippen molar-refractivity contribution in [1.82, 2.24) is 0 Å². The van der Waals surface area contributed by atoms with Crippen molar-refractivity contribution in [2.24, 2.45) is 5.73 Å². The molecule has 0 aliphatic rings. The van der Waals surface area contributed by atoms with E-state index in [0.717, 1.165) is 17.5 Å². The summed E-state index contributed by atoms with van der Waals surface area (Å²) in [6.07, 6.45) is 1.24. The molecule has 0 atom stereocenters. The van der Waals surface area contributed by atoms with Crippen molar-refractivity contribution in [3.63, 3.8) is 0 Å². The van der Waals surface area contributed by atoms with Crippen molar-refractivity contribution in [2.75, 3.05) is 0 Å². The zero-order valence-corrected chi connectivity index (χ0v) is 10.6. The van der Waals surface area contributed by atoms with Crippen LogP contribution in [0.1, 0.15) is 48.2 Å². The minimum absolute atomic E-state index is 0.191. The number of aryl methyl sites for hydroxylation is 2. The molecule has 0 saturated carbocycles. The molecule has 0 bridgehead atoms. The van der Waals surface area contributed by atoms with Gasteiger partial charge in [0.15, 0.2) is 5.78 Å². The van der Waals surface area contributed by atoms with Crippen molar-refractivity contribution in [3.05, 3.63) is 34.9 Å². The van der Waals surface area contributed by atoms with Crippen LogP contribution in [0.5, 0.6) is 0 Å². The summed E-state index contributed by atoms with van der Waals surface area (Å²) in [4.78, 5) is 12.0. The molecule has 2 nitrogen and oxygen atoms in total. The van der Waals surface area contributed by atoms with E-state index in [9.17, 15) is 4.79 Å². The van der Waals surface area contributed by atoms with Crippen LogP contribution in [0.4, 0.5) is 0 Å². The molecule has 0 aliphatic carbocycles. The number of hydrogen-bond donors (Lipinski definition) is 1. The van der Waals surface area contributed by atoms with Gasteiger partial charge in [-0.1, -0.05) is 23.8 Å². The fourth-order valence-electron chi connectivity index (χ4n) is 1.70. The van der Waals surface area contributed by atoms with Crippen LogP contribution in [0.25, 0.3) is 0 Å². The molecule has 1 rings (SSSR count). The van der Waals surface area contributed by atoms with E-state index in [2.05, 4.69) is 0 Å². The quantitative estimate of drug-likeness (QED) is 0.791. The molecule has 0 aliphatic heterocycles. The molecule has 0 aromatic heterocycles. The molecule has 88 valence electrons. The van der Waals surface area contributed by atoms with E-state index in [1.807, 2.05) is 45.9 Å². The van der Waals surface area contributed by atoms with E-state index in [4.69, 9.17) is 5.73 Å². The predicted molar refractivity (Wildman–Crippen MR) is 67.7 cm³/mol. The third-order valence-electron chi connectivity index (χ3n) is 2.68. The molecule has 0 heterocycles. The number of hydrogen-bond acceptors (Lipinski definition) is 2. The van der Waals surface area contributed by atoms with Crippen molar-refractivity contribution in [3.8, 4) is 0 Å². The van der Waals surface area contributed by atoms with Gasteiger partial charge in [0.25, 0.3) is 0 Å². The van der Waals surface area contributed by atoms with Gasteiger partial charge in [-0.2, -0.15) is 0 Å². The Bertz CT molecular complexity index is 388. The summed E-state index contributed by atoms with van der Waals surface area (Å²) >= 11 is 0. The predicted octanol–water partition coefficient (Wildman–Crippen LogP) is 3.00. The summed E-state index contributed by atoms with van der Waals surface area (Å²) < 4.78 is 0. The van der Waals surface area contributed by atoms with Crippen LogP contribution < -0.4 is 5.73 Å².